The van der Waals surface area contributed by atoms with Crippen molar-refractivity contribution in [1.29, 1.82) is 0 Å². The molecule has 0 atom stereocenters. The summed E-state index contributed by atoms with van der Waals surface area (Å²) >= 11 is 13.7. The molecule has 112 valence electrons. The Labute approximate surface area is 143 Å². The van der Waals surface area contributed by atoms with E-state index in [1.807, 2.05) is 60.0 Å². The van der Waals surface area contributed by atoms with Gasteiger partial charge in [-0.3, -0.25) is 4.57 Å². The predicted molar refractivity (Wildman–Crippen MR) is 92.1 cm³/mol. The van der Waals surface area contributed by atoms with E-state index < -0.39 is 0 Å². The predicted octanol–water partition coefficient (Wildman–Crippen LogP) is 5.17. The van der Waals surface area contributed by atoms with Gasteiger partial charge in [-0.15, -0.1) is 10.2 Å². The van der Waals surface area contributed by atoms with E-state index in [-0.39, 0.29) is 0 Å². The molecule has 1 heterocycles. The van der Waals surface area contributed by atoms with E-state index in [1.54, 1.807) is 11.8 Å². The molecule has 3 aromatic rings. The molecule has 0 saturated carbocycles. The number of thioether (sulfide) groups is 1. The second kappa shape index (κ2) is 6.73. The standard InChI is InChI=1S/C16H13Cl2N3S/c1-11-19-20-16(21(11)15-7-3-6-14(18)9-15)22-10-12-4-2-5-13(17)8-12/h2-9H,10H2,1H3. The summed E-state index contributed by atoms with van der Waals surface area (Å²) in [5.74, 6) is 1.61. The summed E-state index contributed by atoms with van der Waals surface area (Å²) in [4.78, 5) is 0. The minimum absolute atomic E-state index is 0.691. The third-order valence-corrected chi connectivity index (χ3v) is 4.59. The second-order valence-electron chi connectivity index (χ2n) is 4.76. The van der Waals surface area contributed by atoms with Crippen molar-refractivity contribution < 1.29 is 0 Å². The van der Waals surface area contributed by atoms with Gasteiger partial charge in [0.2, 0.25) is 0 Å². The van der Waals surface area contributed by atoms with Crippen molar-refractivity contribution in [1.82, 2.24) is 14.8 Å². The average molecular weight is 350 g/mol. The smallest absolute Gasteiger partial charge is 0.196 e. The van der Waals surface area contributed by atoms with Crippen molar-refractivity contribution in [3.8, 4) is 5.69 Å². The SMILES string of the molecule is Cc1nnc(SCc2cccc(Cl)c2)n1-c1cccc(Cl)c1. The van der Waals surface area contributed by atoms with E-state index in [0.717, 1.165) is 33.0 Å². The molecular weight excluding hydrogens is 337 g/mol. The van der Waals surface area contributed by atoms with E-state index in [4.69, 9.17) is 23.2 Å². The molecule has 0 amide bonds. The van der Waals surface area contributed by atoms with Crippen LogP contribution in [0.15, 0.2) is 53.7 Å². The first-order valence-electron chi connectivity index (χ1n) is 6.69. The zero-order valence-electron chi connectivity index (χ0n) is 11.8. The number of nitrogens with zero attached hydrogens (tertiary/aromatic N) is 3. The topological polar surface area (TPSA) is 30.7 Å². The number of hydrogen-bond donors (Lipinski definition) is 0. The van der Waals surface area contributed by atoms with Crippen LogP contribution in [0.2, 0.25) is 10.0 Å². The lowest BCUT2D eigenvalue weighted by molar-refractivity contribution is 0.868. The third-order valence-electron chi connectivity index (χ3n) is 3.12. The average Bonchev–Trinajstić information content (AvgIpc) is 2.86. The van der Waals surface area contributed by atoms with Crippen LogP contribution >= 0.6 is 35.0 Å². The fraction of sp³-hybridized carbons (Fsp3) is 0.125. The summed E-state index contributed by atoms with van der Waals surface area (Å²) in [7, 11) is 0. The van der Waals surface area contributed by atoms with Crippen molar-refractivity contribution in [3.63, 3.8) is 0 Å². The van der Waals surface area contributed by atoms with E-state index in [9.17, 15) is 0 Å². The molecular formula is C16H13Cl2N3S. The van der Waals surface area contributed by atoms with Crippen molar-refractivity contribution >= 4 is 35.0 Å². The number of benzene rings is 2. The summed E-state index contributed by atoms with van der Waals surface area (Å²) in [5.41, 5.74) is 2.11. The molecule has 0 aliphatic heterocycles. The fourth-order valence-corrected chi connectivity index (χ4v) is 3.46. The molecule has 0 saturated heterocycles. The summed E-state index contributed by atoms with van der Waals surface area (Å²) in [6, 6.07) is 15.5. The highest BCUT2D eigenvalue weighted by molar-refractivity contribution is 7.98. The highest BCUT2D eigenvalue weighted by Gasteiger charge is 2.12. The summed E-state index contributed by atoms with van der Waals surface area (Å²) in [6.07, 6.45) is 0. The molecule has 1 aromatic heterocycles. The van der Waals surface area contributed by atoms with Crippen LogP contribution in [0, 0.1) is 6.92 Å². The molecule has 0 unspecified atom stereocenters. The van der Waals surface area contributed by atoms with Crippen LogP contribution < -0.4 is 0 Å². The normalized spacial score (nSPS) is 10.9. The lowest BCUT2D eigenvalue weighted by atomic mass is 10.2. The Hall–Kier alpha value is -1.49. The number of hydrogen-bond acceptors (Lipinski definition) is 3. The van der Waals surface area contributed by atoms with E-state index in [1.165, 1.54) is 0 Å². The van der Waals surface area contributed by atoms with Gasteiger partial charge in [-0.1, -0.05) is 53.2 Å². The van der Waals surface area contributed by atoms with Gasteiger partial charge in [0.1, 0.15) is 5.82 Å². The maximum atomic E-state index is 6.08. The van der Waals surface area contributed by atoms with Gasteiger partial charge in [-0.05, 0) is 42.8 Å². The Bertz CT molecular complexity index is 802. The lowest BCUT2D eigenvalue weighted by Crippen LogP contribution is -1.99. The first-order chi connectivity index (χ1) is 10.6. The van der Waals surface area contributed by atoms with Gasteiger partial charge in [-0.25, -0.2) is 0 Å². The van der Waals surface area contributed by atoms with Crippen molar-refractivity contribution in [2.24, 2.45) is 0 Å². The lowest BCUT2D eigenvalue weighted by Gasteiger charge is -2.08. The summed E-state index contributed by atoms with van der Waals surface area (Å²) < 4.78 is 2.00. The van der Waals surface area contributed by atoms with Gasteiger partial charge in [0, 0.05) is 15.8 Å². The Morgan fingerprint density at radius 2 is 1.73 bits per heavy atom. The van der Waals surface area contributed by atoms with Gasteiger partial charge in [0.15, 0.2) is 5.16 Å². The number of rotatable bonds is 4. The van der Waals surface area contributed by atoms with Gasteiger partial charge in [0.25, 0.3) is 0 Å². The quantitative estimate of drug-likeness (QED) is 0.608. The van der Waals surface area contributed by atoms with Crippen LogP contribution in [0.4, 0.5) is 0 Å². The molecule has 0 aliphatic rings. The van der Waals surface area contributed by atoms with Crippen LogP contribution in [0.1, 0.15) is 11.4 Å². The summed E-state index contributed by atoms with van der Waals surface area (Å²) in [6.45, 7) is 1.93. The first-order valence-corrected chi connectivity index (χ1v) is 8.43. The Kier molecular flexibility index (Phi) is 4.71. The van der Waals surface area contributed by atoms with Gasteiger partial charge in [0.05, 0.1) is 5.69 Å². The highest BCUT2D eigenvalue weighted by Crippen LogP contribution is 2.26. The Balaban J connectivity index is 1.86. The number of aromatic nitrogens is 3. The van der Waals surface area contributed by atoms with Crippen LogP contribution in [0.3, 0.4) is 0 Å². The van der Waals surface area contributed by atoms with Crippen LogP contribution in [0.25, 0.3) is 5.69 Å². The van der Waals surface area contributed by atoms with E-state index in [0.29, 0.717) is 5.02 Å². The maximum absolute atomic E-state index is 6.08. The molecule has 3 rings (SSSR count). The Morgan fingerprint density at radius 1 is 1.00 bits per heavy atom. The van der Waals surface area contributed by atoms with Crippen molar-refractivity contribution in [2.75, 3.05) is 0 Å². The monoisotopic (exact) mass is 349 g/mol. The molecule has 0 spiro atoms. The summed E-state index contributed by atoms with van der Waals surface area (Å²) in [5, 5.41) is 10.7. The van der Waals surface area contributed by atoms with Gasteiger partial charge >= 0.3 is 0 Å². The third kappa shape index (κ3) is 3.46. The molecule has 0 bridgehead atoms. The van der Waals surface area contributed by atoms with Crippen LogP contribution in [-0.2, 0) is 5.75 Å². The molecule has 3 nitrogen and oxygen atoms in total. The molecule has 0 radical (unpaired) electrons. The molecule has 22 heavy (non-hydrogen) atoms. The highest BCUT2D eigenvalue weighted by atomic mass is 35.5. The van der Waals surface area contributed by atoms with E-state index >= 15 is 0 Å². The second-order valence-corrected chi connectivity index (χ2v) is 6.58. The number of aryl methyl sites for hydroxylation is 1. The molecule has 2 aromatic carbocycles. The van der Waals surface area contributed by atoms with Crippen molar-refractivity contribution in [2.45, 2.75) is 17.8 Å². The van der Waals surface area contributed by atoms with Crippen LogP contribution in [0.5, 0.6) is 0 Å². The minimum atomic E-state index is 0.691. The largest absolute Gasteiger partial charge is 0.274 e. The van der Waals surface area contributed by atoms with Crippen LogP contribution in [-0.4, -0.2) is 14.8 Å². The zero-order chi connectivity index (χ0) is 15.5. The van der Waals surface area contributed by atoms with E-state index in [2.05, 4.69) is 10.2 Å². The number of halogens is 2. The van der Waals surface area contributed by atoms with Crippen molar-refractivity contribution in [3.05, 3.63) is 70.0 Å². The van der Waals surface area contributed by atoms with Gasteiger partial charge < -0.3 is 0 Å². The maximum Gasteiger partial charge on any atom is 0.196 e. The minimum Gasteiger partial charge on any atom is -0.274 e. The molecule has 0 N–H and O–H groups in total. The molecule has 0 aliphatic carbocycles. The Morgan fingerprint density at radius 3 is 2.45 bits per heavy atom. The fourth-order valence-electron chi connectivity index (χ4n) is 2.12. The molecule has 0 fully saturated rings. The first kappa shape index (κ1) is 15.4. The zero-order valence-corrected chi connectivity index (χ0v) is 14.2. The van der Waals surface area contributed by atoms with Gasteiger partial charge in [-0.2, -0.15) is 0 Å². The molecule has 6 heteroatoms.